The molecule has 0 spiro atoms. The number of carbonyl (C=O) groups excluding carboxylic acids is 1. The summed E-state index contributed by atoms with van der Waals surface area (Å²) in [5.41, 5.74) is -1.86. The first kappa shape index (κ1) is 29.5. The van der Waals surface area contributed by atoms with Gasteiger partial charge in [0.2, 0.25) is 5.88 Å². The lowest BCUT2D eigenvalue weighted by molar-refractivity contribution is 0.0949. The number of nitrogens with one attached hydrogen (secondary N) is 2. The number of hydrogen-bond donors (Lipinski definition) is 2. The maximum Gasteiger partial charge on any atom is 0.269 e. The van der Waals surface area contributed by atoms with Crippen molar-refractivity contribution in [3.63, 3.8) is 0 Å². The molecule has 41 heavy (non-hydrogen) atoms. The van der Waals surface area contributed by atoms with Crippen molar-refractivity contribution in [2.45, 2.75) is 17.1 Å². The Hall–Kier alpha value is -4.48. The third-order valence-corrected chi connectivity index (χ3v) is 7.84. The minimum atomic E-state index is -4.40. The number of sulfone groups is 1. The molecule has 0 fully saturated rings. The first-order valence-corrected chi connectivity index (χ1v) is 13.9. The zero-order valence-corrected chi connectivity index (χ0v) is 23.1. The SMILES string of the molecule is COc1ncc(C#N)cc1S(=O)(=O)Cc1cc(F)cc(-c2ccc3c(C(=O)NCCCN(C)C)[nH]nc3c2F)c1F. The predicted octanol–water partition coefficient (Wildman–Crippen LogP) is 3.58. The van der Waals surface area contributed by atoms with Crippen LogP contribution >= 0.6 is 0 Å². The number of pyridine rings is 1. The number of nitrogens with zero attached hydrogens (tertiary/aromatic N) is 4. The molecule has 0 unspecified atom stereocenters. The van der Waals surface area contributed by atoms with Gasteiger partial charge in [-0.1, -0.05) is 6.07 Å². The van der Waals surface area contributed by atoms with Crippen molar-refractivity contribution in [3.8, 4) is 23.1 Å². The van der Waals surface area contributed by atoms with Gasteiger partial charge in [0.05, 0.1) is 18.4 Å². The summed E-state index contributed by atoms with van der Waals surface area (Å²) in [6.45, 7) is 1.13. The van der Waals surface area contributed by atoms with Crippen LogP contribution in [0.3, 0.4) is 0 Å². The van der Waals surface area contributed by atoms with Crippen LogP contribution in [0, 0.1) is 28.8 Å². The molecule has 214 valence electrons. The topological polar surface area (TPSA) is 141 Å². The van der Waals surface area contributed by atoms with Crippen molar-refractivity contribution in [1.82, 2.24) is 25.4 Å². The highest BCUT2D eigenvalue weighted by molar-refractivity contribution is 7.90. The van der Waals surface area contributed by atoms with E-state index in [1.807, 2.05) is 19.0 Å². The first-order valence-electron chi connectivity index (χ1n) is 12.2. The molecule has 0 radical (unpaired) electrons. The Morgan fingerprint density at radius 3 is 2.59 bits per heavy atom. The van der Waals surface area contributed by atoms with Crippen molar-refractivity contribution >= 4 is 26.6 Å². The van der Waals surface area contributed by atoms with Crippen LogP contribution in [0.1, 0.15) is 28.0 Å². The van der Waals surface area contributed by atoms with Gasteiger partial charge >= 0.3 is 0 Å². The highest BCUT2D eigenvalue weighted by atomic mass is 32.2. The monoisotopic (exact) mass is 586 g/mol. The smallest absolute Gasteiger partial charge is 0.269 e. The maximum absolute atomic E-state index is 15.7. The maximum atomic E-state index is 15.7. The molecule has 0 saturated carbocycles. The molecule has 1 amide bonds. The van der Waals surface area contributed by atoms with E-state index in [0.29, 0.717) is 19.0 Å². The number of aromatic amines is 1. The number of H-pyrrole nitrogens is 1. The van der Waals surface area contributed by atoms with Crippen LogP contribution < -0.4 is 10.1 Å². The molecule has 0 atom stereocenters. The summed E-state index contributed by atoms with van der Waals surface area (Å²) in [6.07, 6.45) is 1.79. The Kier molecular flexibility index (Phi) is 8.60. The fraction of sp³-hybridized carbons (Fsp3) is 0.259. The molecule has 0 aliphatic heterocycles. The van der Waals surface area contributed by atoms with Crippen LogP contribution in [0.2, 0.25) is 0 Å². The second-order valence-corrected chi connectivity index (χ2v) is 11.3. The van der Waals surface area contributed by atoms with Gasteiger partial charge in [-0.2, -0.15) is 10.4 Å². The summed E-state index contributed by atoms with van der Waals surface area (Å²) >= 11 is 0. The zero-order chi connectivity index (χ0) is 29.9. The fourth-order valence-corrected chi connectivity index (χ4v) is 5.70. The van der Waals surface area contributed by atoms with Crippen LogP contribution in [-0.2, 0) is 15.6 Å². The van der Waals surface area contributed by atoms with Gasteiger partial charge in [0.15, 0.2) is 15.7 Å². The molecule has 4 rings (SSSR count). The third kappa shape index (κ3) is 6.16. The summed E-state index contributed by atoms with van der Waals surface area (Å²) in [5, 5.41) is 18.3. The molecule has 2 N–H and O–H groups in total. The highest BCUT2D eigenvalue weighted by Crippen LogP contribution is 2.34. The Labute approximate surface area is 233 Å². The van der Waals surface area contributed by atoms with E-state index in [-0.39, 0.29) is 33.6 Å². The van der Waals surface area contributed by atoms with E-state index in [4.69, 9.17) is 10.00 Å². The van der Waals surface area contributed by atoms with Crippen LogP contribution in [0.4, 0.5) is 13.2 Å². The number of ether oxygens (including phenoxy) is 1. The third-order valence-electron chi connectivity index (χ3n) is 6.18. The van der Waals surface area contributed by atoms with E-state index < -0.39 is 55.0 Å². The van der Waals surface area contributed by atoms with E-state index >= 15 is 8.78 Å². The van der Waals surface area contributed by atoms with Crippen LogP contribution in [0.5, 0.6) is 5.88 Å². The van der Waals surface area contributed by atoms with Crippen LogP contribution in [-0.4, -0.2) is 68.7 Å². The molecular formula is C27H25F3N6O4S. The van der Waals surface area contributed by atoms with Gasteiger partial charge in [-0.25, -0.2) is 26.6 Å². The standard InChI is InChI=1S/C27H25F3N6O4S/c1-36(2)8-4-7-32-26(37)25-19-6-5-18(23(30)24(19)34-35-25)20-11-17(28)10-16(22(20)29)14-41(38,39)21-9-15(12-31)13-33-27(21)40-3/h5-6,9-11,13H,4,7-8,14H2,1-3H3,(H,32,37)(H,34,35). The molecule has 10 nitrogen and oxygen atoms in total. The van der Waals surface area contributed by atoms with E-state index in [1.165, 1.54) is 13.2 Å². The molecule has 0 aliphatic rings. The van der Waals surface area contributed by atoms with Gasteiger partial charge in [-0.3, -0.25) is 9.89 Å². The summed E-state index contributed by atoms with van der Waals surface area (Å²) in [7, 11) is 0.573. The van der Waals surface area contributed by atoms with Crippen molar-refractivity contribution in [1.29, 1.82) is 5.26 Å². The number of hydrogen-bond acceptors (Lipinski definition) is 8. The quantitative estimate of drug-likeness (QED) is 0.269. The minimum Gasteiger partial charge on any atom is -0.480 e. The van der Waals surface area contributed by atoms with Gasteiger partial charge in [-0.05, 0) is 51.3 Å². The number of benzene rings is 2. The Morgan fingerprint density at radius 1 is 1.15 bits per heavy atom. The predicted molar refractivity (Wildman–Crippen MR) is 143 cm³/mol. The second kappa shape index (κ2) is 11.9. The molecule has 14 heteroatoms. The molecular weight excluding hydrogens is 561 g/mol. The number of fused-ring (bicyclic) bond motifs is 1. The molecule has 2 aromatic carbocycles. The molecule has 4 aromatic rings. The lowest BCUT2D eigenvalue weighted by atomic mass is 10.00. The molecule has 2 aromatic heterocycles. The summed E-state index contributed by atoms with van der Waals surface area (Å²) < 4.78 is 77.2. The van der Waals surface area contributed by atoms with Gasteiger partial charge in [0, 0.05) is 34.8 Å². The molecule has 0 bridgehead atoms. The second-order valence-electron chi connectivity index (χ2n) is 9.36. The molecule has 0 saturated heterocycles. The van der Waals surface area contributed by atoms with E-state index in [0.717, 1.165) is 30.9 Å². The van der Waals surface area contributed by atoms with E-state index in [2.05, 4.69) is 20.5 Å². The molecule has 2 heterocycles. The number of methoxy groups -OCH3 is 1. The highest BCUT2D eigenvalue weighted by Gasteiger charge is 2.27. The van der Waals surface area contributed by atoms with Crippen molar-refractivity contribution < 1.29 is 31.1 Å². The van der Waals surface area contributed by atoms with Crippen molar-refractivity contribution in [2.75, 3.05) is 34.3 Å². The number of halogens is 3. The van der Waals surface area contributed by atoms with E-state index in [9.17, 15) is 17.6 Å². The summed E-state index contributed by atoms with van der Waals surface area (Å²) in [6, 6.07) is 6.70. The lowest BCUT2D eigenvalue weighted by Gasteiger charge is -2.13. The Balaban J connectivity index is 1.69. The first-order chi connectivity index (χ1) is 19.5. The van der Waals surface area contributed by atoms with Crippen LogP contribution in [0.15, 0.2) is 41.4 Å². The fourth-order valence-electron chi connectivity index (χ4n) is 4.21. The number of rotatable bonds is 10. The summed E-state index contributed by atoms with van der Waals surface area (Å²) in [4.78, 5) is 17.9. The Morgan fingerprint density at radius 2 is 1.90 bits per heavy atom. The van der Waals surface area contributed by atoms with Gasteiger partial charge in [0.1, 0.15) is 33.8 Å². The average molecular weight is 587 g/mol. The van der Waals surface area contributed by atoms with Crippen molar-refractivity contribution in [2.24, 2.45) is 0 Å². The average Bonchev–Trinajstić information content (AvgIpc) is 3.38. The lowest BCUT2D eigenvalue weighted by Crippen LogP contribution is -2.27. The van der Waals surface area contributed by atoms with Gasteiger partial charge in [0.25, 0.3) is 5.91 Å². The number of carbonyl (C=O) groups is 1. The Bertz CT molecular complexity index is 1780. The minimum absolute atomic E-state index is 0.00366. The van der Waals surface area contributed by atoms with Gasteiger partial charge < -0.3 is 15.0 Å². The number of nitriles is 1. The van der Waals surface area contributed by atoms with Gasteiger partial charge in [-0.15, -0.1) is 0 Å². The largest absolute Gasteiger partial charge is 0.480 e. The van der Waals surface area contributed by atoms with Crippen LogP contribution in [0.25, 0.3) is 22.0 Å². The zero-order valence-electron chi connectivity index (χ0n) is 22.3. The summed E-state index contributed by atoms with van der Waals surface area (Å²) in [5.74, 6) is -5.08. The number of aromatic nitrogens is 3. The normalized spacial score (nSPS) is 11.6. The van der Waals surface area contributed by atoms with E-state index in [1.54, 1.807) is 6.07 Å². The number of amides is 1. The molecule has 0 aliphatic carbocycles. The van der Waals surface area contributed by atoms with Crippen molar-refractivity contribution in [3.05, 3.63) is 70.8 Å².